The second kappa shape index (κ2) is 2.17. The van der Waals surface area contributed by atoms with Crippen molar-refractivity contribution in [2.75, 3.05) is 0 Å². The van der Waals surface area contributed by atoms with E-state index in [2.05, 4.69) is 19.5 Å². The van der Waals surface area contributed by atoms with Crippen LogP contribution in [0.25, 0.3) is 11.0 Å². The molecule has 0 saturated heterocycles. The molecule has 0 aromatic carbocycles. The monoisotopic (exact) mass is 167 g/mol. The van der Waals surface area contributed by atoms with Gasteiger partial charge in [-0.3, -0.25) is 14.3 Å². The molecule has 4 nitrogen and oxygen atoms in total. The van der Waals surface area contributed by atoms with Gasteiger partial charge < -0.3 is 0 Å². The number of hydrogen-bond donors (Lipinski definition) is 1. The lowest BCUT2D eigenvalue weighted by molar-refractivity contribution is 1.01. The molecule has 0 amide bonds. The van der Waals surface area contributed by atoms with E-state index in [1.165, 1.54) is 0 Å². The molecule has 0 aliphatic carbocycles. The zero-order chi connectivity index (χ0) is 7.84. The standard InChI is InChI=1S/C6H6N3OP/c10-6-5-4(9(11)8-6)2-1-3-7-5/h1-3H,11H2,(H,8,10). The Balaban J connectivity index is 3.07. The first-order valence-electron chi connectivity index (χ1n) is 3.10. The molecule has 2 aromatic rings. The summed E-state index contributed by atoms with van der Waals surface area (Å²) in [6.45, 7) is 0. The van der Waals surface area contributed by atoms with E-state index in [0.717, 1.165) is 5.52 Å². The van der Waals surface area contributed by atoms with Gasteiger partial charge in [0.05, 0.1) is 5.52 Å². The van der Waals surface area contributed by atoms with E-state index >= 15 is 0 Å². The lowest BCUT2D eigenvalue weighted by atomic mass is 10.4. The van der Waals surface area contributed by atoms with Crippen molar-refractivity contribution in [1.82, 2.24) is 14.5 Å². The van der Waals surface area contributed by atoms with Crippen molar-refractivity contribution in [3.8, 4) is 0 Å². The second-order valence-corrected chi connectivity index (χ2v) is 2.70. The van der Waals surface area contributed by atoms with E-state index in [1.807, 2.05) is 6.07 Å². The van der Waals surface area contributed by atoms with Gasteiger partial charge in [-0.1, -0.05) is 0 Å². The van der Waals surface area contributed by atoms with Crippen LogP contribution in [0.4, 0.5) is 0 Å². The Morgan fingerprint density at radius 3 is 3.18 bits per heavy atom. The maximum atomic E-state index is 11.0. The molecule has 2 rings (SSSR count). The average molecular weight is 167 g/mol. The summed E-state index contributed by atoms with van der Waals surface area (Å²) in [6, 6.07) is 3.61. The normalized spacial score (nSPS) is 10.6. The molecule has 11 heavy (non-hydrogen) atoms. The van der Waals surface area contributed by atoms with Crippen LogP contribution in [-0.4, -0.2) is 14.5 Å². The highest BCUT2D eigenvalue weighted by Gasteiger charge is 2.01. The van der Waals surface area contributed by atoms with E-state index < -0.39 is 0 Å². The van der Waals surface area contributed by atoms with Crippen LogP contribution in [-0.2, 0) is 0 Å². The van der Waals surface area contributed by atoms with Crippen molar-refractivity contribution in [2.45, 2.75) is 0 Å². The van der Waals surface area contributed by atoms with E-state index in [9.17, 15) is 4.79 Å². The molecule has 1 atom stereocenters. The Morgan fingerprint density at radius 2 is 2.45 bits per heavy atom. The number of aromatic nitrogens is 3. The van der Waals surface area contributed by atoms with Crippen LogP contribution in [0.1, 0.15) is 0 Å². The highest BCUT2D eigenvalue weighted by molar-refractivity contribution is 7.14. The fourth-order valence-electron chi connectivity index (χ4n) is 0.989. The predicted octanol–water partition coefficient (Wildman–Crippen LogP) is 0.363. The third-order valence-electron chi connectivity index (χ3n) is 1.48. The van der Waals surface area contributed by atoms with Gasteiger partial charge in [-0.25, -0.2) is 4.98 Å². The number of pyridine rings is 1. The lowest BCUT2D eigenvalue weighted by Crippen LogP contribution is -2.00. The first-order valence-corrected chi connectivity index (χ1v) is 3.61. The predicted molar refractivity (Wildman–Crippen MR) is 45.5 cm³/mol. The van der Waals surface area contributed by atoms with Gasteiger partial charge in [-0.2, -0.15) is 0 Å². The molecule has 0 aliphatic heterocycles. The van der Waals surface area contributed by atoms with Crippen molar-refractivity contribution >= 4 is 20.4 Å². The summed E-state index contributed by atoms with van der Waals surface area (Å²) in [4.78, 5) is 15.0. The highest BCUT2D eigenvalue weighted by Crippen LogP contribution is 2.06. The largest absolute Gasteiger partial charge is 0.290 e. The molecule has 1 N–H and O–H groups in total. The molecule has 2 heterocycles. The Kier molecular flexibility index (Phi) is 1.29. The van der Waals surface area contributed by atoms with Crippen LogP contribution in [0.2, 0.25) is 0 Å². The van der Waals surface area contributed by atoms with Crippen LogP contribution >= 0.6 is 9.39 Å². The van der Waals surface area contributed by atoms with Crippen molar-refractivity contribution in [2.24, 2.45) is 0 Å². The Bertz CT molecular complexity index is 444. The molecular weight excluding hydrogens is 161 g/mol. The minimum absolute atomic E-state index is 0.157. The third-order valence-corrected chi connectivity index (χ3v) is 1.89. The maximum Gasteiger partial charge on any atom is 0.290 e. The van der Waals surface area contributed by atoms with Crippen LogP contribution in [0.5, 0.6) is 0 Å². The third kappa shape index (κ3) is 0.870. The molecule has 0 fully saturated rings. The maximum absolute atomic E-state index is 11.0. The van der Waals surface area contributed by atoms with Crippen molar-refractivity contribution in [3.05, 3.63) is 28.7 Å². The first kappa shape index (κ1) is 6.55. The number of hydrogen-bond acceptors (Lipinski definition) is 2. The molecule has 56 valence electrons. The number of nitrogens with one attached hydrogen (secondary N) is 1. The zero-order valence-electron chi connectivity index (χ0n) is 5.61. The van der Waals surface area contributed by atoms with Crippen LogP contribution in [0.3, 0.4) is 0 Å². The quantitative estimate of drug-likeness (QED) is 0.576. The minimum Gasteiger partial charge on any atom is -0.269 e. The molecule has 0 bridgehead atoms. The number of rotatable bonds is 0. The summed E-state index contributed by atoms with van der Waals surface area (Å²) in [5, 5.41) is 2.58. The molecule has 0 radical (unpaired) electrons. The summed E-state index contributed by atoms with van der Waals surface area (Å²) in [7, 11) is 2.39. The number of nitrogens with zero attached hydrogens (tertiary/aromatic N) is 2. The van der Waals surface area contributed by atoms with Gasteiger partial charge in [0.2, 0.25) is 0 Å². The van der Waals surface area contributed by atoms with Crippen LogP contribution < -0.4 is 5.56 Å². The highest BCUT2D eigenvalue weighted by atomic mass is 31.0. The van der Waals surface area contributed by atoms with Gasteiger partial charge >= 0.3 is 0 Å². The van der Waals surface area contributed by atoms with Gasteiger partial charge in [0.15, 0.2) is 5.52 Å². The Labute approximate surface area is 64.5 Å². The molecule has 1 unspecified atom stereocenters. The van der Waals surface area contributed by atoms with Crippen LogP contribution in [0, 0.1) is 0 Å². The fraction of sp³-hybridized carbons (Fsp3) is 0. The van der Waals surface area contributed by atoms with E-state index in [1.54, 1.807) is 16.7 Å². The Morgan fingerprint density at radius 1 is 1.64 bits per heavy atom. The summed E-state index contributed by atoms with van der Waals surface area (Å²) in [5.74, 6) is 0. The minimum atomic E-state index is -0.157. The van der Waals surface area contributed by atoms with Crippen molar-refractivity contribution in [3.63, 3.8) is 0 Å². The van der Waals surface area contributed by atoms with E-state index in [-0.39, 0.29) is 5.56 Å². The van der Waals surface area contributed by atoms with E-state index in [4.69, 9.17) is 0 Å². The number of H-pyrrole nitrogens is 1. The van der Waals surface area contributed by atoms with Crippen molar-refractivity contribution in [1.29, 1.82) is 0 Å². The van der Waals surface area contributed by atoms with Gasteiger partial charge in [0, 0.05) is 6.20 Å². The van der Waals surface area contributed by atoms with Gasteiger partial charge in [-0.05, 0) is 21.5 Å². The topological polar surface area (TPSA) is 50.7 Å². The lowest BCUT2D eigenvalue weighted by Gasteiger charge is -1.89. The van der Waals surface area contributed by atoms with Gasteiger partial charge in [0.25, 0.3) is 5.56 Å². The molecule has 0 spiro atoms. The smallest absolute Gasteiger partial charge is 0.269 e. The zero-order valence-corrected chi connectivity index (χ0v) is 6.77. The van der Waals surface area contributed by atoms with Gasteiger partial charge in [-0.15, -0.1) is 0 Å². The van der Waals surface area contributed by atoms with Gasteiger partial charge in [0.1, 0.15) is 0 Å². The average Bonchev–Trinajstić information content (AvgIpc) is 2.30. The molecular formula is C6H6N3OP. The molecule has 0 saturated carbocycles. The van der Waals surface area contributed by atoms with E-state index in [0.29, 0.717) is 5.52 Å². The SMILES string of the molecule is O=c1[nH]n(P)c2cccnc12. The molecule has 5 heteroatoms. The second-order valence-electron chi connectivity index (χ2n) is 2.18. The van der Waals surface area contributed by atoms with Crippen LogP contribution in [0.15, 0.2) is 23.1 Å². The Hall–Kier alpha value is -1.15. The number of aromatic amines is 1. The summed E-state index contributed by atoms with van der Waals surface area (Å²) >= 11 is 0. The molecule has 0 aliphatic rings. The summed E-state index contributed by atoms with van der Waals surface area (Å²) in [5.41, 5.74) is 1.11. The fourth-order valence-corrected chi connectivity index (χ4v) is 1.31. The summed E-state index contributed by atoms with van der Waals surface area (Å²) < 4.78 is 1.57. The first-order chi connectivity index (χ1) is 5.29. The van der Waals surface area contributed by atoms with Crippen molar-refractivity contribution < 1.29 is 0 Å². The summed E-state index contributed by atoms with van der Waals surface area (Å²) in [6.07, 6.45) is 1.60. The number of fused-ring (bicyclic) bond motifs is 1. The molecule has 2 aromatic heterocycles.